The van der Waals surface area contributed by atoms with Crippen molar-refractivity contribution in [1.29, 1.82) is 0 Å². The van der Waals surface area contributed by atoms with Gasteiger partial charge in [0.1, 0.15) is 11.0 Å². The molecule has 0 saturated carbocycles. The monoisotopic (exact) mass is 472 g/mol. The quantitative estimate of drug-likeness (QED) is 0.475. The minimum atomic E-state index is -0.552. The summed E-state index contributed by atoms with van der Waals surface area (Å²) in [7, 11) is 0. The Balaban J connectivity index is 1.20. The van der Waals surface area contributed by atoms with E-state index >= 15 is 0 Å². The molecule has 170 valence electrons. The van der Waals surface area contributed by atoms with E-state index in [1.165, 1.54) is 11.3 Å². The number of amides is 2. The number of benzene rings is 3. The summed E-state index contributed by atoms with van der Waals surface area (Å²) < 4.78 is 10.8. The summed E-state index contributed by atoms with van der Waals surface area (Å²) in [5.74, 6) is 0.970. The van der Waals surface area contributed by atoms with Crippen LogP contribution in [0.25, 0.3) is 21.3 Å². The standard InChI is InChI=1S/C25H20N4O4S/c30-22(26-25-28-27-23(34-25)16-10-11-20-21(13-16)33-14-32-20)19-9-4-12-29(19)24(31)18-8-3-6-15-5-1-2-7-17(15)18/h1-3,5-8,10-11,13,19H,4,9,12,14H2,(H,26,28,30). The van der Waals surface area contributed by atoms with Gasteiger partial charge in [-0.2, -0.15) is 0 Å². The van der Waals surface area contributed by atoms with E-state index < -0.39 is 6.04 Å². The molecule has 0 radical (unpaired) electrons. The van der Waals surface area contributed by atoms with Gasteiger partial charge in [-0.05, 0) is 47.9 Å². The lowest BCUT2D eigenvalue weighted by molar-refractivity contribution is -0.119. The number of aromatic nitrogens is 2. The molecule has 1 saturated heterocycles. The van der Waals surface area contributed by atoms with E-state index in [1.54, 1.807) is 4.90 Å². The molecule has 1 atom stereocenters. The Morgan fingerprint density at radius 2 is 1.85 bits per heavy atom. The van der Waals surface area contributed by atoms with Gasteiger partial charge in [0.15, 0.2) is 11.5 Å². The SMILES string of the molecule is O=C(Nc1nnc(-c2ccc3c(c2)OCO3)s1)C1CCCN1C(=O)c1cccc2ccccc12. The molecule has 3 heterocycles. The zero-order valence-corrected chi connectivity index (χ0v) is 18.9. The van der Waals surface area contributed by atoms with Crippen molar-refractivity contribution in [3.8, 4) is 22.1 Å². The minimum absolute atomic E-state index is 0.132. The second-order valence-electron chi connectivity index (χ2n) is 8.15. The Hall–Kier alpha value is -3.98. The minimum Gasteiger partial charge on any atom is -0.454 e. The van der Waals surface area contributed by atoms with Gasteiger partial charge in [-0.25, -0.2) is 0 Å². The Morgan fingerprint density at radius 3 is 2.79 bits per heavy atom. The zero-order valence-electron chi connectivity index (χ0n) is 18.1. The molecule has 0 bridgehead atoms. The third-order valence-electron chi connectivity index (χ3n) is 6.11. The van der Waals surface area contributed by atoms with Crippen molar-refractivity contribution in [3.05, 3.63) is 66.2 Å². The van der Waals surface area contributed by atoms with E-state index in [-0.39, 0.29) is 18.6 Å². The van der Waals surface area contributed by atoms with Gasteiger partial charge in [0.2, 0.25) is 17.8 Å². The average Bonchev–Trinajstić information content (AvgIpc) is 3.63. The predicted molar refractivity (Wildman–Crippen MR) is 128 cm³/mol. The van der Waals surface area contributed by atoms with Gasteiger partial charge in [0.05, 0.1) is 0 Å². The maximum absolute atomic E-state index is 13.4. The second-order valence-corrected chi connectivity index (χ2v) is 9.13. The van der Waals surface area contributed by atoms with Crippen molar-refractivity contribution >= 4 is 39.1 Å². The van der Waals surface area contributed by atoms with E-state index in [0.29, 0.717) is 40.2 Å². The third-order valence-corrected chi connectivity index (χ3v) is 7.00. The molecule has 1 N–H and O–H groups in total. The predicted octanol–water partition coefficient (Wildman–Crippen LogP) is 4.33. The summed E-state index contributed by atoms with van der Waals surface area (Å²) in [6.45, 7) is 0.740. The van der Waals surface area contributed by atoms with Crippen LogP contribution in [0.3, 0.4) is 0 Å². The van der Waals surface area contributed by atoms with Gasteiger partial charge in [-0.15, -0.1) is 10.2 Å². The molecule has 4 aromatic rings. The summed E-state index contributed by atoms with van der Waals surface area (Å²) in [4.78, 5) is 28.2. The smallest absolute Gasteiger partial charge is 0.255 e. The van der Waals surface area contributed by atoms with E-state index in [4.69, 9.17) is 9.47 Å². The number of ether oxygens (including phenoxy) is 2. The number of fused-ring (bicyclic) bond motifs is 2. The fourth-order valence-electron chi connectivity index (χ4n) is 4.46. The van der Waals surface area contributed by atoms with E-state index in [9.17, 15) is 9.59 Å². The zero-order chi connectivity index (χ0) is 23.1. The molecule has 2 aliphatic heterocycles. The van der Waals surface area contributed by atoms with Crippen LogP contribution in [0.15, 0.2) is 60.7 Å². The molecular formula is C25H20N4O4S. The van der Waals surface area contributed by atoms with E-state index in [2.05, 4.69) is 15.5 Å². The number of hydrogen-bond donors (Lipinski definition) is 1. The highest BCUT2D eigenvalue weighted by atomic mass is 32.1. The highest BCUT2D eigenvalue weighted by Gasteiger charge is 2.35. The lowest BCUT2D eigenvalue weighted by Gasteiger charge is -2.24. The average molecular weight is 473 g/mol. The first-order chi connectivity index (χ1) is 16.7. The van der Waals surface area contributed by atoms with Crippen molar-refractivity contribution in [1.82, 2.24) is 15.1 Å². The molecule has 9 heteroatoms. The van der Waals surface area contributed by atoms with E-state index in [1.807, 2.05) is 60.7 Å². The van der Waals surface area contributed by atoms with Gasteiger partial charge in [0.25, 0.3) is 5.91 Å². The number of carbonyl (C=O) groups excluding carboxylic acids is 2. The molecule has 2 aliphatic rings. The molecule has 2 amide bonds. The molecule has 1 unspecified atom stereocenters. The molecule has 1 aromatic heterocycles. The first-order valence-corrected chi connectivity index (χ1v) is 11.8. The lowest BCUT2D eigenvalue weighted by Crippen LogP contribution is -2.43. The van der Waals surface area contributed by atoms with Crippen molar-refractivity contribution in [2.45, 2.75) is 18.9 Å². The van der Waals surface area contributed by atoms with Gasteiger partial charge >= 0.3 is 0 Å². The number of nitrogens with zero attached hydrogens (tertiary/aromatic N) is 3. The van der Waals surface area contributed by atoms with Gasteiger partial charge < -0.3 is 14.4 Å². The topological polar surface area (TPSA) is 93.7 Å². The van der Waals surface area contributed by atoms with Crippen LogP contribution in [0, 0.1) is 0 Å². The number of rotatable bonds is 4. The fourth-order valence-corrected chi connectivity index (χ4v) is 5.20. The Bertz CT molecular complexity index is 1410. The van der Waals surface area contributed by atoms with Gasteiger partial charge in [-0.3, -0.25) is 14.9 Å². The van der Waals surface area contributed by atoms with Crippen LogP contribution >= 0.6 is 11.3 Å². The van der Waals surface area contributed by atoms with Crippen LogP contribution in [-0.2, 0) is 4.79 Å². The molecule has 3 aromatic carbocycles. The number of likely N-dealkylation sites (tertiary alicyclic amines) is 1. The van der Waals surface area contributed by atoms with E-state index in [0.717, 1.165) is 22.8 Å². The first-order valence-electron chi connectivity index (χ1n) is 11.0. The number of hydrogen-bond acceptors (Lipinski definition) is 7. The molecule has 6 rings (SSSR count). The Kier molecular flexibility index (Phi) is 5.10. The normalized spacial score (nSPS) is 16.7. The van der Waals surface area contributed by atoms with Crippen LogP contribution < -0.4 is 14.8 Å². The van der Waals surface area contributed by atoms with Crippen LogP contribution in [0.2, 0.25) is 0 Å². The lowest BCUT2D eigenvalue weighted by atomic mass is 10.0. The van der Waals surface area contributed by atoms with Crippen molar-refractivity contribution in [2.24, 2.45) is 0 Å². The van der Waals surface area contributed by atoms with Gasteiger partial charge in [-0.1, -0.05) is 47.7 Å². The Labute approximate surface area is 199 Å². The molecule has 1 fully saturated rings. The molecule has 34 heavy (non-hydrogen) atoms. The molecular weight excluding hydrogens is 452 g/mol. The number of carbonyl (C=O) groups is 2. The van der Waals surface area contributed by atoms with Crippen molar-refractivity contribution in [2.75, 3.05) is 18.7 Å². The molecule has 0 aliphatic carbocycles. The highest BCUT2D eigenvalue weighted by Crippen LogP contribution is 2.37. The first kappa shape index (κ1) is 20.6. The van der Waals surface area contributed by atoms with Crippen LogP contribution in [0.4, 0.5) is 5.13 Å². The number of nitrogens with one attached hydrogen (secondary N) is 1. The van der Waals surface area contributed by atoms with Crippen LogP contribution in [0.1, 0.15) is 23.2 Å². The van der Waals surface area contributed by atoms with Crippen molar-refractivity contribution < 1.29 is 19.1 Å². The summed E-state index contributed by atoms with van der Waals surface area (Å²) in [5, 5.41) is 14.1. The summed E-state index contributed by atoms with van der Waals surface area (Å²) in [6, 6.07) is 18.4. The highest BCUT2D eigenvalue weighted by molar-refractivity contribution is 7.18. The summed E-state index contributed by atoms with van der Waals surface area (Å²) >= 11 is 1.27. The summed E-state index contributed by atoms with van der Waals surface area (Å²) in [6.07, 6.45) is 1.38. The summed E-state index contributed by atoms with van der Waals surface area (Å²) in [5.41, 5.74) is 1.44. The Morgan fingerprint density at radius 1 is 1.00 bits per heavy atom. The number of anilines is 1. The largest absolute Gasteiger partial charge is 0.454 e. The maximum Gasteiger partial charge on any atom is 0.255 e. The fraction of sp³-hybridized carbons (Fsp3) is 0.200. The third kappa shape index (κ3) is 3.63. The van der Waals surface area contributed by atoms with Crippen LogP contribution in [0.5, 0.6) is 11.5 Å². The maximum atomic E-state index is 13.4. The second kappa shape index (κ2) is 8.42. The van der Waals surface area contributed by atoms with Crippen LogP contribution in [-0.4, -0.2) is 46.3 Å². The molecule has 0 spiro atoms. The van der Waals surface area contributed by atoms with Crippen molar-refractivity contribution in [3.63, 3.8) is 0 Å². The molecule has 8 nitrogen and oxygen atoms in total. The van der Waals surface area contributed by atoms with Gasteiger partial charge in [0, 0.05) is 17.7 Å².